The number of aromatic nitrogens is 1. The molecule has 1 atom stereocenters. The Balaban J connectivity index is 1.85. The Hall–Kier alpha value is -1.62. The van der Waals surface area contributed by atoms with E-state index in [0.29, 0.717) is 37.3 Å². The zero-order valence-corrected chi connectivity index (χ0v) is 11.4. The van der Waals surface area contributed by atoms with Crippen molar-refractivity contribution < 1.29 is 14.3 Å². The summed E-state index contributed by atoms with van der Waals surface area (Å²) < 4.78 is 10.7. The van der Waals surface area contributed by atoms with Crippen LogP contribution in [0.2, 0.25) is 0 Å². The highest BCUT2D eigenvalue weighted by atomic mass is 16.5. The van der Waals surface area contributed by atoms with Crippen molar-refractivity contribution in [3.05, 3.63) is 18.3 Å². The molecule has 1 N–H and O–H groups in total. The van der Waals surface area contributed by atoms with Crippen LogP contribution in [-0.2, 0) is 9.53 Å². The molecule has 5 nitrogen and oxygen atoms in total. The van der Waals surface area contributed by atoms with E-state index in [0.717, 1.165) is 6.42 Å². The molecule has 1 saturated heterocycles. The van der Waals surface area contributed by atoms with Gasteiger partial charge in [0, 0.05) is 12.7 Å². The molecule has 0 aliphatic carbocycles. The van der Waals surface area contributed by atoms with Gasteiger partial charge in [-0.25, -0.2) is 4.98 Å². The van der Waals surface area contributed by atoms with Crippen LogP contribution in [0, 0.1) is 11.8 Å². The maximum Gasteiger partial charge on any atom is 0.229 e. The van der Waals surface area contributed by atoms with Crippen LogP contribution in [0.25, 0.3) is 0 Å². The van der Waals surface area contributed by atoms with E-state index in [-0.39, 0.29) is 11.8 Å². The third kappa shape index (κ3) is 4.21. The van der Waals surface area contributed by atoms with Gasteiger partial charge in [0.15, 0.2) is 0 Å². The minimum atomic E-state index is -0.0446. The second-order valence-electron chi connectivity index (χ2n) is 5.14. The van der Waals surface area contributed by atoms with Crippen LogP contribution < -0.4 is 10.1 Å². The molecule has 2 heterocycles. The lowest BCUT2D eigenvalue weighted by Crippen LogP contribution is -2.22. The first-order chi connectivity index (χ1) is 9.15. The van der Waals surface area contributed by atoms with Crippen LogP contribution >= 0.6 is 0 Å². The van der Waals surface area contributed by atoms with Crippen molar-refractivity contribution in [2.24, 2.45) is 11.8 Å². The van der Waals surface area contributed by atoms with Crippen molar-refractivity contribution >= 4 is 11.6 Å². The van der Waals surface area contributed by atoms with Crippen LogP contribution in [0.4, 0.5) is 5.69 Å². The molecule has 1 aromatic heterocycles. The number of carbonyl (C=O) groups excluding carboxylic acids is 1. The number of rotatable bonds is 5. The highest BCUT2D eigenvalue weighted by Gasteiger charge is 2.23. The fraction of sp³-hybridized carbons (Fsp3) is 0.571. The van der Waals surface area contributed by atoms with Gasteiger partial charge in [0.05, 0.1) is 31.0 Å². The van der Waals surface area contributed by atoms with Gasteiger partial charge in [0.2, 0.25) is 11.8 Å². The number of nitrogens with one attached hydrogen (secondary N) is 1. The maximum atomic E-state index is 11.9. The molecule has 1 aliphatic heterocycles. The summed E-state index contributed by atoms with van der Waals surface area (Å²) in [6.07, 6.45) is 2.40. The lowest BCUT2D eigenvalue weighted by molar-refractivity contribution is -0.119. The third-order valence-corrected chi connectivity index (χ3v) is 2.87. The molecule has 19 heavy (non-hydrogen) atoms. The number of hydrogen-bond acceptors (Lipinski definition) is 4. The maximum absolute atomic E-state index is 11.9. The van der Waals surface area contributed by atoms with Crippen LogP contribution in [0.1, 0.15) is 20.3 Å². The molecule has 0 radical (unpaired) electrons. The Morgan fingerprint density at radius 3 is 3.00 bits per heavy atom. The van der Waals surface area contributed by atoms with Crippen molar-refractivity contribution in [1.82, 2.24) is 4.98 Å². The highest BCUT2D eigenvalue weighted by molar-refractivity contribution is 5.92. The normalized spacial score (nSPS) is 18.6. The number of ether oxygens (including phenoxy) is 2. The SMILES string of the molecule is CC(C)COc1ccc(NC(=O)[C@@H]2CCOC2)cn1. The third-order valence-electron chi connectivity index (χ3n) is 2.87. The fourth-order valence-electron chi connectivity index (χ4n) is 1.78. The molecule has 2 rings (SSSR count). The standard InChI is InChI=1S/C14H20N2O3/c1-10(2)8-19-13-4-3-12(7-15-13)16-14(17)11-5-6-18-9-11/h3-4,7,10-11H,5-6,8-9H2,1-2H3,(H,16,17)/t11-/m1/s1. The van der Waals surface area contributed by atoms with Gasteiger partial charge in [-0.3, -0.25) is 4.79 Å². The zero-order valence-electron chi connectivity index (χ0n) is 11.4. The molecule has 0 unspecified atom stereocenters. The molecule has 1 aromatic rings. The minimum Gasteiger partial charge on any atom is -0.477 e. The highest BCUT2D eigenvalue weighted by Crippen LogP contribution is 2.17. The number of amides is 1. The molecule has 104 valence electrons. The lowest BCUT2D eigenvalue weighted by atomic mass is 10.1. The molecule has 0 saturated carbocycles. The minimum absolute atomic E-state index is 0.00449. The van der Waals surface area contributed by atoms with E-state index in [4.69, 9.17) is 9.47 Å². The topological polar surface area (TPSA) is 60.5 Å². The molecule has 5 heteroatoms. The summed E-state index contributed by atoms with van der Waals surface area (Å²) in [5.41, 5.74) is 0.689. The quantitative estimate of drug-likeness (QED) is 0.884. The lowest BCUT2D eigenvalue weighted by Gasteiger charge is -2.10. The van der Waals surface area contributed by atoms with E-state index in [1.807, 2.05) is 0 Å². The Morgan fingerprint density at radius 1 is 1.58 bits per heavy atom. The van der Waals surface area contributed by atoms with E-state index < -0.39 is 0 Å². The van der Waals surface area contributed by atoms with Crippen molar-refractivity contribution in [1.29, 1.82) is 0 Å². The number of carbonyl (C=O) groups is 1. The largest absolute Gasteiger partial charge is 0.477 e. The average molecular weight is 264 g/mol. The average Bonchev–Trinajstić information content (AvgIpc) is 2.92. The summed E-state index contributed by atoms with van der Waals surface area (Å²) in [5, 5.41) is 2.84. The van der Waals surface area contributed by atoms with E-state index in [2.05, 4.69) is 24.1 Å². The van der Waals surface area contributed by atoms with Gasteiger partial charge in [0.1, 0.15) is 0 Å². The van der Waals surface area contributed by atoms with E-state index >= 15 is 0 Å². The molecule has 1 amide bonds. The van der Waals surface area contributed by atoms with Crippen LogP contribution in [0.3, 0.4) is 0 Å². The van der Waals surface area contributed by atoms with E-state index in [1.54, 1.807) is 18.3 Å². The van der Waals surface area contributed by atoms with Gasteiger partial charge in [-0.1, -0.05) is 13.8 Å². The molecule has 1 aliphatic rings. The fourth-order valence-corrected chi connectivity index (χ4v) is 1.78. The number of hydrogen-bond donors (Lipinski definition) is 1. The molecule has 0 spiro atoms. The van der Waals surface area contributed by atoms with Crippen molar-refractivity contribution in [3.63, 3.8) is 0 Å². The zero-order chi connectivity index (χ0) is 13.7. The summed E-state index contributed by atoms with van der Waals surface area (Å²) in [4.78, 5) is 16.0. The van der Waals surface area contributed by atoms with Crippen molar-refractivity contribution in [2.45, 2.75) is 20.3 Å². The Kier molecular flexibility index (Phi) is 4.74. The second-order valence-corrected chi connectivity index (χ2v) is 5.14. The van der Waals surface area contributed by atoms with E-state index in [9.17, 15) is 4.79 Å². The number of anilines is 1. The van der Waals surface area contributed by atoms with Crippen molar-refractivity contribution in [3.8, 4) is 5.88 Å². The van der Waals surface area contributed by atoms with Gasteiger partial charge in [0.25, 0.3) is 0 Å². The molecule has 1 fully saturated rings. The smallest absolute Gasteiger partial charge is 0.229 e. The van der Waals surface area contributed by atoms with Crippen LogP contribution in [0.15, 0.2) is 18.3 Å². The molecular formula is C14H20N2O3. The molecule has 0 aromatic carbocycles. The Bertz CT molecular complexity index is 411. The number of pyridine rings is 1. The van der Waals surface area contributed by atoms with Gasteiger partial charge in [-0.2, -0.15) is 0 Å². The summed E-state index contributed by atoms with van der Waals surface area (Å²) >= 11 is 0. The first-order valence-electron chi connectivity index (χ1n) is 6.62. The predicted octanol–water partition coefficient (Wildman–Crippen LogP) is 2.09. The van der Waals surface area contributed by atoms with Gasteiger partial charge in [-0.05, 0) is 18.4 Å². The van der Waals surface area contributed by atoms with Gasteiger partial charge < -0.3 is 14.8 Å². The Labute approximate surface area is 113 Å². The predicted molar refractivity (Wildman–Crippen MR) is 72.1 cm³/mol. The van der Waals surface area contributed by atoms with Gasteiger partial charge in [-0.15, -0.1) is 0 Å². The summed E-state index contributed by atoms with van der Waals surface area (Å²) in [7, 11) is 0. The molecule has 0 bridgehead atoms. The van der Waals surface area contributed by atoms with E-state index in [1.165, 1.54) is 0 Å². The van der Waals surface area contributed by atoms with Gasteiger partial charge >= 0.3 is 0 Å². The summed E-state index contributed by atoms with van der Waals surface area (Å²) in [5.74, 6) is 0.992. The first kappa shape index (κ1) is 13.8. The summed E-state index contributed by atoms with van der Waals surface area (Å²) in [6, 6.07) is 3.57. The van der Waals surface area contributed by atoms with Crippen LogP contribution in [-0.4, -0.2) is 30.7 Å². The van der Waals surface area contributed by atoms with Crippen LogP contribution in [0.5, 0.6) is 5.88 Å². The molecular weight excluding hydrogens is 244 g/mol. The summed E-state index contributed by atoms with van der Waals surface area (Å²) in [6.45, 7) is 5.97. The Morgan fingerprint density at radius 2 is 2.42 bits per heavy atom. The van der Waals surface area contributed by atoms with Crippen molar-refractivity contribution in [2.75, 3.05) is 25.1 Å². The first-order valence-corrected chi connectivity index (χ1v) is 6.62. The second kappa shape index (κ2) is 6.52. The monoisotopic (exact) mass is 264 g/mol. The number of nitrogens with zero attached hydrogens (tertiary/aromatic N) is 1.